The van der Waals surface area contributed by atoms with Crippen LogP contribution in [-0.4, -0.2) is 47.7 Å². The molecule has 0 atom stereocenters. The summed E-state index contributed by atoms with van der Waals surface area (Å²) in [5, 5.41) is 2.88. The first kappa shape index (κ1) is 24.4. The number of benzene rings is 1. The predicted octanol–water partition coefficient (Wildman–Crippen LogP) is 5.25. The minimum absolute atomic E-state index is 0.116. The normalized spacial score (nSPS) is 15.0. The van der Waals surface area contributed by atoms with E-state index in [1.54, 1.807) is 16.5 Å². The third kappa shape index (κ3) is 5.48. The van der Waals surface area contributed by atoms with E-state index in [0.29, 0.717) is 43.1 Å². The molecule has 0 saturated carbocycles. The quantitative estimate of drug-likeness (QED) is 0.417. The Kier molecular flexibility index (Phi) is 7.35. The van der Waals surface area contributed by atoms with Crippen LogP contribution >= 0.6 is 15.9 Å². The summed E-state index contributed by atoms with van der Waals surface area (Å²) in [5.74, 6) is -0.795. The second kappa shape index (κ2) is 10.2. The molecule has 4 rings (SSSR count). The Morgan fingerprint density at radius 1 is 1.18 bits per heavy atom. The van der Waals surface area contributed by atoms with Gasteiger partial charge in [-0.15, -0.1) is 0 Å². The highest BCUT2D eigenvalue weighted by Crippen LogP contribution is 2.35. The number of aromatic nitrogens is 2. The standard InChI is InChI=1S/C24H26BrF3N4O2/c1-2-20-22(32-15-17(25)3-8-21(32)30-20)23(33)29-11-14-34-19-6-4-18(5-7-19)31-12-9-16(10-13-31)24(26,27)28/h3-8,15-16H,2,9-14H2,1H3,(H,29,33). The van der Waals surface area contributed by atoms with Gasteiger partial charge >= 0.3 is 6.18 Å². The Hall–Kier alpha value is -2.75. The summed E-state index contributed by atoms with van der Waals surface area (Å²) in [6, 6.07) is 11.0. The van der Waals surface area contributed by atoms with Crippen LogP contribution in [0.5, 0.6) is 5.75 Å². The Morgan fingerprint density at radius 3 is 2.53 bits per heavy atom. The van der Waals surface area contributed by atoms with Gasteiger partial charge in [-0.25, -0.2) is 4.98 Å². The van der Waals surface area contributed by atoms with Gasteiger partial charge < -0.3 is 15.0 Å². The van der Waals surface area contributed by atoms with Gasteiger partial charge in [-0.1, -0.05) is 6.92 Å². The molecule has 34 heavy (non-hydrogen) atoms. The molecule has 1 amide bonds. The van der Waals surface area contributed by atoms with E-state index in [0.717, 1.165) is 15.9 Å². The third-order valence-electron chi connectivity index (χ3n) is 6.02. The van der Waals surface area contributed by atoms with Crippen molar-refractivity contribution in [1.82, 2.24) is 14.7 Å². The molecule has 0 radical (unpaired) electrons. The molecule has 0 unspecified atom stereocenters. The van der Waals surface area contributed by atoms with Crippen LogP contribution in [0.3, 0.4) is 0 Å². The van der Waals surface area contributed by atoms with Gasteiger partial charge in [-0.3, -0.25) is 9.20 Å². The second-order valence-electron chi connectivity index (χ2n) is 8.24. The van der Waals surface area contributed by atoms with Crippen molar-refractivity contribution in [2.75, 3.05) is 31.1 Å². The smallest absolute Gasteiger partial charge is 0.391 e. The van der Waals surface area contributed by atoms with Crippen molar-refractivity contribution in [2.24, 2.45) is 5.92 Å². The summed E-state index contributed by atoms with van der Waals surface area (Å²) < 4.78 is 46.9. The molecule has 3 heterocycles. The number of fused-ring (bicyclic) bond motifs is 1. The average molecular weight is 539 g/mol. The van der Waals surface area contributed by atoms with E-state index in [1.165, 1.54) is 0 Å². The van der Waals surface area contributed by atoms with E-state index in [1.807, 2.05) is 42.3 Å². The Balaban J connectivity index is 1.27. The fourth-order valence-electron chi connectivity index (χ4n) is 4.19. The number of piperidine rings is 1. The maximum Gasteiger partial charge on any atom is 0.391 e. The van der Waals surface area contributed by atoms with Crippen molar-refractivity contribution >= 4 is 33.2 Å². The second-order valence-corrected chi connectivity index (χ2v) is 9.15. The number of anilines is 1. The van der Waals surface area contributed by atoms with Crippen LogP contribution in [0.25, 0.3) is 5.65 Å². The Bertz CT molecular complexity index is 1140. The lowest BCUT2D eigenvalue weighted by molar-refractivity contribution is -0.179. The maximum absolute atomic E-state index is 12.9. The van der Waals surface area contributed by atoms with Crippen LogP contribution in [0.4, 0.5) is 18.9 Å². The summed E-state index contributed by atoms with van der Waals surface area (Å²) >= 11 is 3.43. The fourth-order valence-corrected chi connectivity index (χ4v) is 4.53. The molecule has 3 aromatic rings. The van der Waals surface area contributed by atoms with Crippen LogP contribution in [0, 0.1) is 5.92 Å². The number of imidazole rings is 1. The zero-order chi connectivity index (χ0) is 24.3. The number of nitrogens with one attached hydrogen (secondary N) is 1. The van der Waals surface area contributed by atoms with Crippen molar-refractivity contribution in [3.8, 4) is 5.75 Å². The molecule has 1 fully saturated rings. The lowest BCUT2D eigenvalue weighted by Crippen LogP contribution is -2.38. The molecule has 10 heteroatoms. The molecule has 182 valence electrons. The highest BCUT2D eigenvalue weighted by atomic mass is 79.9. The van der Waals surface area contributed by atoms with Gasteiger partial charge in [0, 0.05) is 29.4 Å². The van der Waals surface area contributed by atoms with Gasteiger partial charge in [0.25, 0.3) is 5.91 Å². The number of ether oxygens (including phenoxy) is 1. The largest absolute Gasteiger partial charge is 0.492 e. The van der Waals surface area contributed by atoms with Crippen molar-refractivity contribution in [3.05, 3.63) is 58.5 Å². The van der Waals surface area contributed by atoms with E-state index < -0.39 is 12.1 Å². The number of hydrogen-bond donors (Lipinski definition) is 1. The number of halogens is 4. The van der Waals surface area contributed by atoms with Crippen LogP contribution in [-0.2, 0) is 6.42 Å². The van der Waals surface area contributed by atoms with E-state index in [-0.39, 0.29) is 25.4 Å². The zero-order valence-corrected chi connectivity index (χ0v) is 20.3. The fraction of sp³-hybridized carbons (Fsp3) is 0.417. The van der Waals surface area contributed by atoms with E-state index in [4.69, 9.17) is 4.74 Å². The average Bonchev–Trinajstić information content (AvgIpc) is 3.19. The lowest BCUT2D eigenvalue weighted by atomic mass is 9.96. The maximum atomic E-state index is 12.9. The first-order valence-corrected chi connectivity index (χ1v) is 12.0. The lowest BCUT2D eigenvalue weighted by Gasteiger charge is -2.34. The number of rotatable bonds is 7. The topological polar surface area (TPSA) is 58.9 Å². The molecule has 1 aliphatic rings. The molecule has 0 bridgehead atoms. The minimum Gasteiger partial charge on any atom is -0.492 e. The first-order valence-electron chi connectivity index (χ1n) is 11.3. The Labute approximate surface area is 204 Å². The summed E-state index contributed by atoms with van der Waals surface area (Å²) in [5.41, 5.74) is 2.83. The number of pyridine rings is 1. The summed E-state index contributed by atoms with van der Waals surface area (Å²) in [7, 11) is 0. The van der Waals surface area contributed by atoms with Gasteiger partial charge in [0.15, 0.2) is 0 Å². The number of hydrogen-bond acceptors (Lipinski definition) is 4. The number of amides is 1. The van der Waals surface area contributed by atoms with Crippen LogP contribution in [0.15, 0.2) is 47.1 Å². The third-order valence-corrected chi connectivity index (χ3v) is 6.49. The molecular weight excluding hydrogens is 513 g/mol. The number of aryl methyl sites for hydroxylation is 1. The predicted molar refractivity (Wildman–Crippen MR) is 128 cm³/mol. The molecule has 2 aromatic heterocycles. The van der Waals surface area contributed by atoms with Crippen LogP contribution in [0.1, 0.15) is 35.9 Å². The molecule has 0 spiro atoms. The van der Waals surface area contributed by atoms with E-state index in [9.17, 15) is 18.0 Å². The van der Waals surface area contributed by atoms with Gasteiger partial charge in [0.1, 0.15) is 23.7 Å². The SMILES string of the molecule is CCc1nc2ccc(Br)cn2c1C(=O)NCCOc1ccc(N2CCC(C(F)(F)F)CC2)cc1. The molecule has 0 aliphatic carbocycles. The van der Waals surface area contributed by atoms with Crippen molar-refractivity contribution in [1.29, 1.82) is 0 Å². The number of nitrogens with zero attached hydrogens (tertiary/aromatic N) is 3. The van der Waals surface area contributed by atoms with Crippen LogP contribution in [0.2, 0.25) is 0 Å². The number of carbonyl (C=O) groups is 1. The first-order chi connectivity index (χ1) is 16.3. The van der Waals surface area contributed by atoms with Gasteiger partial charge in [-0.05, 0) is 71.6 Å². The summed E-state index contributed by atoms with van der Waals surface area (Å²) in [4.78, 5) is 19.3. The number of alkyl halides is 3. The molecular formula is C24H26BrF3N4O2. The summed E-state index contributed by atoms with van der Waals surface area (Å²) in [6.45, 7) is 3.32. The molecule has 1 saturated heterocycles. The Morgan fingerprint density at radius 2 is 1.88 bits per heavy atom. The van der Waals surface area contributed by atoms with Gasteiger partial charge in [-0.2, -0.15) is 13.2 Å². The van der Waals surface area contributed by atoms with Crippen LogP contribution < -0.4 is 15.0 Å². The number of carbonyl (C=O) groups excluding carboxylic acids is 1. The van der Waals surface area contributed by atoms with E-state index in [2.05, 4.69) is 26.2 Å². The minimum atomic E-state index is -4.11. The van der Waals surface area contributed by atoms with Crippen molar-refractivity contribution < 1.29 is 22.7 Å². The molecule has 1 aliphatic heterocycles. The van der Waals surface area contributed by atoms with Crippen molar-refractivity contribution in [3.63, 3.8) is 0 Å². The zero-order valence-electron chi connectivity index (χ0n) is 18.7. The molecule has 1 N–H and O–H groups in total. The molecule has 6 nitrogen and oxygen atoms in total. The van der Waals surface area contributed by atoms with Gasteiger partial charge in [0.2, 0.25) is 0 Å². The molecule has 1 aromatic carbocycles. The van der Waals surface area contributed by atoms with Gasteiger partial charge in [0.05, 0.1) is 18.2 Å². The van der Waals surface area contributed by atoms with Crippen molar-refractivity contribution in [2.45, 2.75) is 32.4 Å². The highest BCUT2D eigenvalue weighted by molar-refractivity contribution is 9.10. The van der Waals surface area contributed by atoms with E-state index >= 15 is 0 Å². The monoisotopic (exact) mass is 538 g/mol. The summed E-state index contributed by atoms with van der Waals surface area (Å²) in [6.07, 6.45) is -1.42. The highest BCUT2D eigenvalue weighted by Gasteiger charge is 2.41.